The minimum Gasteiger partial charge on any atom is -0.490 e. The van der Waals surface area contributed by atoms with Crippen LogP contribution in [0.3, 0.4) is 0 Å². The van der Waals surface area contributed by atoms with Gasteiger partial charge in [0.15, 0.2) is 5.75 Å². The van der Waals surface area contributed by atoms with Gasteiger partial charge >= 0.3 is 5.69 Å². The Bertz CT molecular complexity index is 649. The Morgan fingerprint density at radius 2 is 2.08 bits per heavy atom. The van der Waals surface area contributed by atoms with Crippen molar-refractivity contribution in [2.24, 2.45) is 0 Å². The maximum absolute atomic E-state index is 12.1. The van der Waals surface area contributed by atoms with Crippen LogP contribution in [0.25, 0.3) is 0 Å². The van der Waals surface area contributed by atoms with Crippen LogP contribution in [0.4, 0.5) is 5.69 Å². The number of halogens is 1. The van der Waals surface area contributed by atoms with Gasteiger partial charge in [0, 0.05) is 29.9 Å². The molecule has 2 atom stereocenters. The fourth-order valence-electron chi connectivity index (χ4n) is 3.67. The predicted molar refractivity (Wildman–Crippen MR) is 104 cm³/mol. The zero-order valence-corrected chi connectivity index (χ0v) is 16.2. The minimum absolute atomic E-state index is 0. The van der Waals surface area contributed by atoms with Gasteiger partial charge in [-0.15, -0.1) is 24.2 Å². The summed E-state index contributed by atoms with van der Waals surface area (Å²) in [5.41, 5.74) is 0.764. The number of hydrogen-bond donors (Lipinski definition) is 2. The highest BCUT2D eigenvalue weighted by Gasteiger charge is 2.33. The van der Waals surface area contributed by atoms with Crippen LogP contribution >= 0.6 is 24.2 Å². The second kappa shape index (κ2) is 9.43. The van der Waals surface area contributed by atoms with E-state index in [-0.39, 0.29) is 35.8 Å². The molecule has 7 nitrogen and oxygen atoms in total. The van der Waals surface area contributed by atoms with Crippen molar-refractivity contribution in [3.63, 3.8) is 0 Å². The molecule has 1 aromatic rings. The lowest BCUT2D eigenvalue weighted by molar-refractivity contribution is -0.385. The monoisotopic (exact) mass is 401 g/mol. The number of nitrogens with zero attached hydrogens (tertiary/aromatic N) is 1. The summed E-state index contributed by atoms with van der Waals surface area (Å²) < 4.78 is 4.99. The van der Waals surface area contributed by atoms with Gasteiger partial charge in [0.2, 0.25) is 5.91 Å². The van der Waals surface area contributed by atoms with Crippen LogP contribution in [0.1, 0.15) is 31.2 Å². The summed E-state index contributed by atoms with van der Waals surface area (Å²) >= 11 is 1.46. The van der Waals surface area contributed by atoms with Crippen LogP contribution in [-0.2, 0) is 10.5 Å². The summed E-state index contributed by atoms with van der Waals surface area (Å²) in [6, 6.07) is 6.27. The molecular formula is C17H24ClN3O4S. The first-order valence-corrected chi connectivity index (χ1v) is 9.65. The van der Waals surface area contributed by atoms with Crippen molar-refractivity contribution in [2.75, 3.05) is 12.9 Å². The number of rotatable bonds is 7. The van der Waals surface area contributed by atoms with Crippen LogP contribution < -0.4 is 15.4 Å². The van der Waals surface area contributed by atoms with Crippen molar-refractivity contribution in [1.82, 2.24) is 10.6 Å². The van der Waals surface area contributed by atoms with E-state index >= 15 is 0 Å². The molecule has 2 aliphatic heterocycles. The first-order chi connectivity index (χ1) is 12.0. The van der Waals surface area contributed by atoms with Gasteiger partial charge < -0.3 is 15.4 Å². The summed E-state index contributed by atoms with van der Waals surface area (Å²) in [6.45, 7) is 0. The molecule has 0 aliphatic carbocycles. The third-order valence-corrected chi connectivity index (χ3v) is 5.78. The van der Waals surface area contributed by atoms with E-state index in [1.165, 1.54) is 37.8 Å². The molecule has 0 aromatic heterocycles. The number of carbonyl (C=O) groups is 1. The van der Waals surface area contributed by atoms with Gasteiger partial charge in [-0.3, -0.25) is 14.9 Å². The molecule has 3 rings (SSSR count). The number of nitrogens with one attached hydrogen (secondary N) is 2. The van der Waals surface area contributed by atoms with Gasteiger partial charge in [0.25, 0.3) is 0 Å². The Morgan fingerprint density at radius 3 is 2.69 bits per heavy atom. The van der Waals surface area contributed by atoms with Gasteiger partial charge in [0.05, 0.1) is 17.8 Å². The molecule has 2 heterocycles. The van der Waals surface area contributed by atoms with Crippen molar-refractivity contribution >= 4 is 35.8 Å². The second-order valence-corrected chi connectivity index (χ2v) is 7.62. The smallest absolute Gasteiger partial charge is 0.311 e. The molecule has 0 radical (unpaired) electrons. The Balaban J connectivity index is 0.00000243. The molecule has 2 fully saturated rings. The number of carbonyl (C=O) groups excluding carboxylic acids is 1. The van der Waals surface area contributed by atoms with Crippen molar-refractivity contribution in [1.29, 1.82) is 0 Å². The Kier molecular flexibility index (Phi) is 7.55. The van der Waals surface area contributed by atoms with E-state index in [1.807, 2.05) is 0 Å². The molecule has 26 heavy (non-hydrogen) atoms. The van der Waals surface area contributed by atoms with E-state index in [9.17, 15) is 14.9 Å². The lowest BCUT2D eigenvalue weighted by Crippen LogP contribution is -2.48. The van der Waals surface area contributed by atoms with Crippen LogP contribution in [-0.4, -0.2) is 41.8 Å². The average molecular weight is 402 g/mol. The van der Waals surface area contributed by atoms with E-state index in [1.54, 1.807) is 12.1 Å². The topological polar surface area (TPSA) is 93.5 Å². The minimum atomic E-state index is -0.453. The quantitative estimate of drug-likeness (QED) is 0.539. The first-order valence-electron chi connectivity index (χ1n) is 8.49. The lowest BCUT2D eigenvalue weighted by atomic mass is 10.00. The molecule has 2 bridgehead atoms. The predicted octanol–water partition coefficient (Wildman–Crippen LogP) is 2.66. The summed E-state index contributed by atoms with van der Waals surface area (Å²) in [4.78, 5) is 22.7. The second-order valence-electron chi connectivity index (χ2n) is 6.63. The van der Waals surface area contributed by atoms with Gasteiger partial charge in [0.1, 0.15) is 0 Å². The summed E-state index contributed by atoms with van der Waals surface area (Å²) in [6.07, 6.45) is 4.44. The molecular weight excluding hydrogens is 378 g/mol. The number of benzene rings is 1. The van der Waals surface area contributed by atoms with Gasteiger partial charge in [-0.05, 0) is 37.3 Å². The molecule has 9 heteroatoms. The standard InChI is InChI=1S/C17H23N3O4S.ClH/c1-24-16-5-2-11(6-15(16)20(22)23)9-25-10-17(21)19-14-7-12-3-4-13(8-14)18-12;/h2,5-6,12-14,18H,3-4,7-10H2,1H3,(H,19,21);1H. The van der Waals surface area contributed by atoms with Crippen molar-refractivity contribution < 1.29 is 14.5 Å². The Hall–Kier alpha value is -1.51. The summed E-state index contributed by atoms with van der Waals surface area (Å²) in [7, 11) is 1.41. The zero-order chi connectivity index (χ0) is 17.8. The zero-order valence-electron chi connectivity index (χ0n) is 14.6. The summed E-state index contributed by atoms with van der Waals surface area (Å²) in [5.74, 6) is 1.20. The molecule has 2 aliphatic rings. The Morgan fingerprint density at radius 1 is 1.38 bits per heavy atom. The number of thioether (sulfide) groups is 1. The fraction of sp³-hybridized carbons (Fsp3) is 0.588. The third kappa shape index (κ3) is 5.25. The lowest BCUT2D eigenvalue weighted by Gasteiger charge is -2.29. The highest BCUT2D eigenvalue weighted by atomic mass is 35.5. The highest BCUT2D eigenvalue weighted by molar-refractivity contribution is 7.99. The van der Waals surface area contributed by atoms with Crippen molar-refractivity contribution in [2.45, 2.75) is 49.6 Å². The molecule has 2 N–H and O–H groups in total. The van der Waals surface area contributed by atoms with Crippen molar-refractivity contribution in [3.05, 3.63) is 33.9 Å². The third-order valence-electron chi connectivity index (χ3n) is 4.78. The number of amides is 1. The maximum Gasteiger partial charge on any atom is 0.311 e. The molecule has 144 valence electrons. The highest BCUT2D eigenvalue weighted by Crippen LogP contribution is 2.29. The number of hydrogen-bond acceptors (Lipinski definition) is 6. The fourth-order valence-corrected chi connectivity index (χ4v) is 4.46. The van der Waals surface area contributed by atoms with Gasteiger partial charge in [-0.1, -0.05) is 6.07 Å². The molecule has 1 amide bonds. The van der Waals surface area contributed by atoms with Gasteiger partial charge in [-0.2, -0.15) is 0 Å². The number of piperidine rings is 1. The van der Waals surface area contributed by atoms with E-state index < -0.39 is 4.92 Å². The normalized spacial score (nSPS) is 23.8. The molecule has 2 saturated heterocycles. The van der Waals surface area contributed by atoms with Crippen LogP contribution in [0.15, 0.2) is 18.2 Å². The number of nitro benzene ring substituents is 1. The van der Waals surface area contributed by atoms with Gasteiger partial charge in [-0.25, -0.2) is 0 Å². The SMILES string of the molecule is COc1ccc(CSCC(=O)NC2CC3CCC(C2)N3)cc1[N+](=O)[O-].Cl. The maximum atomic E-state index is 12.1. The van der Waals surface area contributed by atoms with Crippen LogP contribution in [0.5, 0.6) is 5.75 Å². The van der Waals surface area contributed by atoms with Crippen LogP contribution in [0.2, 0.25) is 0 Å². The Labute approximate surface area is 163 Å². The number of ether oxygens (including phenoxy) is 1. The van der Waals surface area contributed by atoms with E-state index in [4.69, 9.17) is 4.74 Å². The average Bonchev–Trinajstić information content (AvgIpc) is 2.93. The largest absolute Gasteiger partial charge is 0.490 e. The van der Waals surface area contributed by atoms with E-state index in [2.05, 4.69) is 10.6 Å². The molecule has 0 spiro atoms. The molecule has 1 aromatic carbocycles. The van der Waals surface area contributed by atoms with E-state index in [0.29, 0.717) is 23.6 Å². The van der Waals surface area contributed by atoms with Crippen LogP contribution in [0, 0.1) is 10.1 Å². The summed E-state index contributed by atoms with van der Waals surface area (Å²) in [5, 5.41) is 17.7. The number of fused-ring (bicyclic) bond motifs is 2. The number of nitro groups is 1. The first kappa shape index (κ1) is 20.8. The molecule has 0 saturated carbocycles. The number of methoxy groups -OCH3 is 1. The van der Waals surface area contributed by atoms with Crippen molar-refractivity contribution in [3.8, 4) is 5.75 Å². The molecule has 2 unspecified atom stereocenters. The van der Waals surface area contributed by atoms with E-state index in [0.717, 1.165) is 18.4 Å².